The molecule has 0 bridgehead atoms. The number of hydrogen-bond acceptors (Lipinski definition) is 2. The molecule has 2 aromatic carbocycles. The highest BCUT2D eigenvalue weighted by Gasteiger charge is 2.08. The summed E-state index contributed by atoms with van der Waals surface area (Å²) >= 11 is 0. The molecule has 2 heteroatoms. The Bertz CT molecular complexity index is 655. The summed E-state index contributed by atoms with van der Waals surface area (Å²) in [6, 6.07) is 19.7. The van der Waals surface area contributed by atoms with Crippen LogP contribution in [0.4, 0.5) is 0 Å². The molecule has 2 rings (SSSR count). The standard InChI is InChI=1S/C21H22O2/c1-2-3-17-21(22)23-20(19-14-8-5-9-15-19)16-10-13-18-11-6-4-7-12-18/h4-16H,2-3,17H2,1H3/b13-10+,20-16+. The molecule has 0 fully saturated rings. The second kappa shape index (κ2) is 9.42. The monoisotopic (exact) mass is 306 g/mol. The van der Waals surface area contributed by atoms with Gasteiger partial charge >= 0.3 is 5.97 Å². The van der Waals surface area contributed by atoms with Crippen LogP contribution in [0.3, 0.4) is 0 Å². The van der Waals surface area contributed by atoms with Crippen molar-refractivity contribution in [1.82, 2.24) is 0 Å². The minimum atomic E-state index is -0.185. The summed E-state index contributed by atoms with van der Waals surface area (Å²) in [5, 5.41) is 0. The van der Waals surface area contributed by atoms with Crippen LogP contribution in [0.25, 0.3) is 11.8 Å². The lowest BCUT2D eigenvalue weighted by Crippen LogP contribution is -2.03. The number of benzene rings is 2. The van der Waals surface area contributed by atoms with Crippen molar-refractivity contribution < 1.29 is 9.53 Å². The molecule has 0 radical (unpaired) electrons. The highest BCUT2D eigenvalue weighted by molar-refractivity contribution is 5.78. The molecule has 0 amide bonds. The van der Waals surface area contributed by atoms with Crippen LogP contribution in [-0.4, -0.2) is 5.97 Å². The van der Waals surface area contributed by atoms with Crippen LogP contribution in [0.15, 0.2) is 72.8 Å². The Morgan fingerprint density at radius 1 is 1.00 bits per heavy atom. The van der Waals surface area contributed by atoms with Gasteiger partial charge in [0, 0.05) is 12.0 Å². The third-order valence-electron chi connectivity index (χ3n) is 3.35. The van der Waals surface area contributed by atoms with E-state index in [0.717, 1.165) is 24.0 Å². The lowest BCUT2D eigenvalue weighted by Gasteiger charge is -2.08. The zero-order chi connectivity index (χ0) is 16.3. The smallest absolute Gasteiger partial charge is 0.311 e. The summed E-state index contributed by atoms with van der Waals surface area (Å²) in [7, 11) is 0. The van der Waals surface area contributed by atoms with Crippen LogP contribution in [0.5, 0.6) is 0 Å². The van der Waals surface area contributed by atoms with Crippen molar-refractivity contribution in [2.45, 2.75) is 26.2 Å². The Morgan fingerprint density at radius 2 is 1.65 bits per heavy atom. The molecule has 23 heavy (non-hydrogen) atoms. The predicted octanol–water partition coefficient (Wildman–Crippen LogP) is 5.47. The minimum Gasteiger partial charge on any atom is -0.426 e. The fraction of sp³-hybridized carbons (Fsp3) is 0.190. The zero-order valence-corrected chi connectivity index (χ0v) is 13.4. The maximum absolute atomic E-state index is 11.9. The number of unbranched alkanes of at least 4 members (excludes halogenated alkanes) is 1. The predicted molar refractivity (Wildman–Crippen MR) is 95.5 cm³/mol. The molecule has 2 nitrogen and oxygen atoms in total. The van der Waals surface area contributed by atoms with Gasteiger partial charge in [0.1, 0.15) is 5.76 Å². The Morgan fingerprint density at radius 3 is 2.30 bits per heavy atom. The molecule has 0 unspecified atom stereocenters. The molecule has 118 valence electrons. The van der Waals surface area contributed by atoms with E-state index >= 15 is 0 Å². The van der Waals surface area contributed by atoms with Gasteiger partial charge in [0.2, 0.25) is 0 Å². The van der Waals surface area contributed by atoms with Crippen molar-refractivity contribution in [3.05, 3.63) is 83.9 Å². The number of ether oxygens (including phenoxy) is 1. The van der Waals surface area contributed by atoms with E-state index in [1.165, 1.54) is 0 Å². The molecule has 0 heterocycles. The van der Waals surface area contributed by atoms with Crippen molar-refractivity contribution >= 4 is 17.8 Å². The Hall–Kier alpha value is -2.61. The fourth-order valence-electron chi connectivity index (χ4n) is 2.10. The summed E-state index contributed by atoms with van der Waals surface area (Å²) in [5.41, 5.74) is 2.00. The minimum absolute atomic E-state index is 0.185. The second-order valence-corrected chi connectivity index (χ2v) is 5.24. The number of allylic oxidation sites excluding steroid dienone is 2. The van der Waals surface area contributed by atoms with Gasteiger partial charge < -0.3 is 4.74 Å². The lowest BCUT2D eigenvalue weighted by molar-refractivity contribution is -0.136. The first kappa shape index (κ1) is 16.8. The van der Waals surface area contributed by atoms with Crippen molar-refractivity contribution in [3.8, 4) is 0 Å². The molecule has 0 atom stereocenters. The topological polar surface area (TPSA) is 26.3 Å². The number of carbonyl (C=O) groups excluding carboxylic acids is 1. The SMILES string of the molecule is CCCCC(=O)O/C(=C/C=C/c1ccccc1)c1ccccc1. The number of carbonyl (C=O) groups is 1. The molecule has 0 aliphatic carbocycles. The van der Waals surface area contributed by atoms with Crippen molar-refractivity contribution in [3.63, 3.8) is 0 Å². The molecule has 0 aromatic heterocycles. The van der Waals surface area contributed by atoms with Crippen LogP contribution in [0.2, 0.25) is 0 Å². The molecule has 0 N–H and O–H groups in total. The number of hydrogen-bond donors (Lipinski definition) is 0. The van der Waals surface area contributed by atoms with E-state index in [-0.39, 0.29) is 5.97 Å². The number of esters is 1. The van der Waals surface area contributed by atoms with Gasteiger partial charge in [-0.3, -0.25) is 4.79 Å². The van der Waals surface area contributed by atoms with E-state index in [0.29, 0.717) is 12.2 Å². The van der Waals surface area contributed by atoms with E-state index < -0.39 is 0 Å². The van der Waals surface area contributed by atoms with E-state index in [4.69, 9.17) is 4.74 Å². The maximum Gasteiger partial charge on any atom is 0.311 e. The van der Waals surface area contributed by atoms with Gasteiger partial charge in [-0.2, -0.15) is 0 Å². The van der Waals surface area contributed by atoms with Crippen LogP contribution < -0.4 is 0 Å². The second-order valence-electron chi connectivity index (χ2n) is 5.24. The first-order valence-corrected chi connectivity index (χ1v) is 7.99. The van der Waals surface area contributed by atoms with Gasteiger partial charge in [-0.15, -0.1) is 0 Å². The quantitative estimate of drug-likeness (QED) is 0.385. The van der Waals surface area contributed by atoms with Crippen LogP contribution in [-0.2, 0) is 9.53 Å². The van der Waals surface area contributed by atoms with Crippen molar-refractivity contribution in [1.29, 1.82) is 0 Å². The fourth-order valence-corrected chi connectivity index (χ4v) is 2.10. The molecule has 2 aromatic rings. The van der Waals surface area contributed by atoms with Gasteiger partial charge in [0.05, 0.1) is 0 Å². The van der Waals surface area contributed by atoms with Crippen LogP contribution >= 0.6 is 0 Å². The van der Waals surface area contributed by atoms with E-state index in [1.54, 1.807) is 0 Å². The highest BCUT2D eigenvalue weighted by Crippen LogP contribution is 2.17. The largest absolute Gasteiger partial charge is 0.426 e. The molecule has 0 aliphatic rings. The lowest BCUT2D eigenvalue weighted by atomic mass is 10.1. The molecular formula is C21H22O2. The first-order valence-electron chi connectivity index (χ1n) is 7.99. The Balaban J connectivity index is 2.14. The van der Waals surface area contributed by atoms with E-state index in [1.807, 2.05) is 78.9 Å². The molecule has 0 spiro atoms. The van der Waals surface area contributed by atoms with Gasteiger partial charge in [0.15, 0.2) is 0 Å². The van der Waals surface area contributed by atoms with Crippen molar-refractivity contribution in [2.75, 3.05) is 0 Å². The Kier molecular flexibility index (Phi) is 6.86. The van der Waals surface area contributed by atoms with Gasteiger partial charge in [0.25, 0.3) is 0 Å². The Labute approximate surface area is 138 Å². The first-order chi connectivity index (χ1) is 11.3. The average molecular weight is 306 g/mol. The average Bonchev–Trinajstić information content (AvgIpc) is 2.61. The summed E-state index contributed by atoms with van der Waals surface area (Å²) in [6.45, 7) is 2.06. The molecular weight excluding hydrogens is 284 g/mol. The van der Waals surface area contributed by atoms with E-state index in [2.05, 4.69) is 6.92 Å². The van der Waals surface area contributed by atoms with Crippen LogP contribution in [0.1, 0.15) is 37.3 Å². The highest BCUT2D eigenvalue weighted by atomic mass is 16.5. The summed E-state index contributed by atoms with van der Waals surface area (Å²) in [5.74, 6) is 0.397. The van der Waals surface area contributed by atoms with Crippen molar-refractivity contribution in [2.24, 2.45) is 0 Å². The zero-order valence-electron chi connectivity index (χ0n) is 13.4. The van der Waals surface area contributed by atoms with Gasteiger partial charge in [-0.05, 0) is 18.1 Å². The summed E-state index contributed by atoms with van der Waals surface area (Å²) in [6.07, 6.45) is 8.01. The van der Waals surface area contributed by atoms with Gasteiger partial charge in [-0.1, -0.05) is 86.2 Å². The van der Waals surface area contributed by atoms with Crippen LogP contribution in [0, 0.1) is 0 Å². The van der Waals surface area contributed by atoms with E-state index in [9.17, 15) is 4.79 Å². The summed E-state index contributed by atoms with van der Waals surface area (Å²) < 4.78 is 5.55. The molecule has 0 aliphatic heterocycles. The third-order valence-corrected chi connectivity index (χ3v) is 3.35. The molecule has 0 saturated carbocycles. The maximum atomic E-state index is 11.9. The normalized spacial score (nSPS) is 11.6. The third kappa shape index (κ3) is 5.95. The molecule has 0 saturated heterocycles. The van der Waals surface area contributed by atoms with Gasteiger partial charge in [-0.25, -0.2) is 0 Å². The number of rotatable bonds is 7. The summed E-state index contributed by atoms with van der Waals surface area (Å²) in [4.78, 5) is 11.9.